The molecule has 0 unspecified atom stereocenters. The van der Waals surface area contributed by atoms with E-state index in [9.17, 15) is 4.79 Å². The van der Waals surface area contributed by atoms with Crippen LogP contribution in [0.3, 0.4) is 0 Å². The number of hydrogen-bond acceptors (Lipinski definition) is 3. The topological polar surface area (TPSA) is 46.9 Å². The minimum absolute atomic E-state index is 0.0314. The van der Waals surface area contributed by atoms with E-state index >= 15 is 0 Å². The number of anilines is 1. The van der Waals surface area contributed by atoms with E-state index in [1.54, 1.807) is 0 Å². The number of hydrogen-bond donors (Lipinski definition) is 1. The number of para-hydroxylation sites is 1. The highest BCUT2D eigenvalue weighted by Crippen LogP contribution is 2.27. The predicted molar refractivity (Wildman–Crippen MR) is 111 cm³/mol. The highest BCUT2D eigenvalue weighted by Gasteiger charge is 2.15. The van der Waals surface area contributed by atoms with Crippen LogP contribution >= 0.6 is 27.7 Å². The van der Waals surface area contributed by atoms with E-state index in [2.05, 4.69) is 32.4 Å². The maximum Gasteiger partial charge on any atom is 0.234 e. The van der Waals surface area contributed by atoms with Crippen LogP contribution in [0.5, 0.6) is 0 Å². The fourth-order valence-corrected chi connectivity index (χ4v) is 4.02. The van der Waals surface area contributed by atoms with Crippen LogP contribution in [0.25, 0.3) is 5.69 Å². The van der Waals surface area contributed by atoms with Crippen LogP contribution in [-0.4, -0.2) is 21.4 Å². The van der Waals surface area contributed by atoms with Gasteiger partial charge in [-0.3, -0.25) is 4.79 Å². The summed E-state index contributed by atoms with van der Waals surface area (Å²) in [7, 11) is 0. The Hall–Kier alpha value is -2.05. The molecule has 3 aromatic rings. The summed E-state index contributed by atoms with van der Waals surface area (Å²) < 4.78 is 2.90. The molecule has 1 heterocycles. The molecule has 0 atom stereocenters. The lowest BCUT2D eigenvalue weighted by molar-refractivity contribution is -0.113. The summed E-state index contributed by atoms with van der Waals surface area (Å²) in [5.74, 6) is 0.328. The molecule has 0 radical (unpaired) electrons. The zero-order valence-corrected chi connectivity index (χ0v) is 17.3. The standard InChI is InChI=1S/C20H20BrN3OS/c1-13-11-16(21)9-10-18(13)26-12-19(25)22-20-14(2)23-24(15(20)3)17-7-5-4-6-8-17/h4-11H,12H2,1-3H3,(H,22,25). The molecule has 6 heteroatoms. The van der Waals surface area contributed by atoms with Gasteiger partial charge >= 0.3 is 0 Å². The average Bonchev–Trinajstić information content (AvgIpc) is 2.90. The summed E-state index contributed by atoms with van der Waals surface area (Å²) in [6, 6.07) is 16.0. The lowest BCUT2D eigenvalue weighted by Crippen LogP contribution is -2.15. The molecule has 0 saturated heterocycles. The van der Waals surface area contributed by atoms with Crippen LogP contribution in [0.15, 0.2) is 57.9 Å². The number of amides is 1. The van der Waals surface area contributed by atoms with Gasteiger partial charge in [0, 0.05) is 9.37 Å². The molecule has 0 aliphatic carbocycles. The molecule has 1 N–H and O–H groups in total. The van der Waals surface area contributed by atoms with Crippen LogP contribution in [-0.2, 0) is 4.79 Å². The van der Waals surface area contributed by atoms with Crippen molar-refractivity contribution >= 4 is 39.3 Å². The SMILES string of the molecule is Cc1cc(Br)ccc1SCC(=O)Nc1c(C)nn(-c2ccccc2)c1C. The van der Waals surface area contributed by atoms with Crippen molar-refractivity contribution in [1.82, 2.24) is 9.78 Å². The molecule has 0 aliphatic rings. The first kappa shape index (κ1) is 18.7. The van der Waals surface area contributed by atoms with Gasteiger partial charge in [-0.1, -0.05) is 34.1 Å². The molecule has 0 fully saturated rings. The maximum absolute atomic E-state index is 12.4. The molecule has 0 saturated carbocycles. The number of nitrogens with zero attached hydrogens (tertiary/aromatic N) is 2. The Labute approximate surface area is 166 Å². The van der Waals surface area contributed by atoms with Crippen molar-refractivity contribution in [3.8, 4) is 5.69 Å². The number of nitrogens with one attached hydrogen (secondary N) is 1. The first-order valence-corrected chi connectivity index (χ1v) is 10.0. The van der Waals surface area contributed by atoms with Crippen molar-refractivity contribution in [3.63, 3.8) is 0 Å². The van der Waals surface area contributed by atoms with Gasteiger partial charge in [0.2, 0.25) is 5.91 Å². The van der Waals surface area contributed by atoms with Gasteiger partial charge in [-0.05, 0) is 56.7 Å². The van der Waals surface area contributed by atoms with E-state index in [4.69, 9.17) is 0 Å². The van der Waals surface area contributed by atoms with Gasteiger partial charge in [-0.2, -0.15) is 5.10 Å². The first-order valence-electron chi connectivity index (χ1n) is 8.26. The van der Waals surface area contributed by atoms with Crippen LogP contribution < -0.4 is 5.32 Å². The molecule has 0 bridgehead atoms. The number of benzene rings is 2. The fraction of sp³-hybridized carbons (Fsp3) is 0.200. The van der Waals surface area contributed by atoms with Crippen molar-refractivity contribution in [2.24, 2.45) is 0 Å². The molecule has 0 spiro atoms. The molecule has 1 amide bonds. The number of aryl methyl sites for hydroxylation is 2. The Morgan fingerprint density at radius 2 is 1.88 bits per heavy atom. The summed E-state index contributed by atoms with van der Waals surface area (Å²) >= 11 is 5.00. The number of rotatable bonds is 5. The minimum atomic E-state index is -0.0314. The lowest BCUT2D eigenvalue weighted by atomic mass is 10.2. The number of aromatic nitrogens is 2. The summed E-state index contributed by atoms with van der Waals surface area (Å²) in [6.07, 6.45) is 0. The highest BCUT2D eigenvalue weighted by molar-refractivity contribution is 9.10. The van der Waals surface area contributed by atoms with Gasteiger partial charge < -0.3 is 5.32 Å². The number of halogens is 1. The second-order valence-corrected chi connectivity index (χ2v) is 7.97. The van der Waals surface area contributed by atoms with Gasteiger partial charge in [-0.15, -0.1) is 11.8 Å². The average molecular weight is 430 g/mol. The quantitative estimate of drug-likeness (QED) is 0.560. The van der Waals surface area contributed by atoms with Crippen LogP contribution in [0.1, 0.15) is 17.0 Å². The largest absolute Gasteiger partial charge is 0.322 e. The molecule has 26 heavy (non-hydrogen) atoms. The second-order valence-electron chi connectivity index (χ2n) is 6.04. The molecule has 0 aliphatic heterocycles. The van der Waals surface area contributed by atoms with Gasteiger partial charge in [0.25, 0.3) is 0 Å². The number of thioether (sulfide) groups is 1. The molecule has 3 rings (SSSR count). The zero-order chi connectivity index (χ0) is 18.7. The number of carbonyl (C=O) groups excluding carboxylic acids is 1. The Bertz CT molecular complexity index is 938. The molecule has 2 aromatic carbocycles. The van der Waals surface area contributed by atoms with Crippen LogP contribution in [0.2, 0.25) is 0 Å². The van der Waals surface area contributed by atoms with Crippen molar-refractivity contribution < 1.29 is 4.79 Å². The van der Waals surface area contributed by atoms with Crippen molar-refractivity contribution in [3.05, 3.63) is 70.0 Å². The summed E-state index contributed by atoms with van der Waals surface area (Å²) in [5.41, 5.74) is 4.65. The van der Waals surface area contributed by atoms with E-state index in [0.717, 1.165) is 37.7 Å². The highest BCUT2D eigenvalue weighted by atomic mass is 79.9. The molecule has 134 valence electrons. The summed E-state index contributed by atoms with van der Waals surface area (Å²) in [6.45, 7) is 5.92. The van der Waals surface area contributed by atoms with E-state index in [1.165, 1.54) is 11.8 Å². The fourth-order valence-electron chi connectivity index (χ4n) is 2.74. The zero-order valence-electron chi connectivity index (χ0n) is 14.9. The summed E-state index contributed by atoms with van der Waals surface area (Å²) in [5, 5.41) is 7.58. The second kappa shape index (κ2) is 8.10. The van der Waals surface area contributed by atoms with Crippen LogP contribution in [0.4, 0.5) is 5.69 Å². The first-order chi connectivity index (χ1) is 12.5. The van der Waals surface area contributed by atoms with Crippen molar-refractivity contribution in [1.29, 1.82) is 0 Å². The number of carbonyl (C=O) groups is 1. The molecule has 4 nitrogen and oxygen atoms in total. The third-order valence-corrected chi connectivity index (χ3v) is 5.72. The maximum atomic E-state index is 12.4. The van der Waals surface area contributed by atoms with E-state index in [0.29, 0.717) is 5.75 Å². The molecular formula is C20H20BrN3OS. The monoisotopic (exact) mass is 429 g/mol. The van der Waals surface area contributed by atoms with E-state index in [1.807, 2.05) is 67.9 Å². The third-order valence-electron chi connectivity index (χ3n) is 4.05. The third kappa shape index (κ3) is 4.19. The Balaban J connectivity index is 1.71. The Morgan fingerprint density at radius 1 is 1.15 bits per heavy atom. The van der Waals surface area contributed by atoms with Gasteiger partial charge in [0.1, 0.15) is 0 Å². The smallest absolute Gasteiger partial charge is 0.234 e. The Morgan fingerprint density at radius 3 is 2.58 bits per heavy atom. The molecule has 1 aromatic heterocycles. The Kier molecular flexibility index (Phi) is 5.84. The minimum Gasteiger partial charge on any atom is -0.322 e. The van der Waals surface area contributed by atoms with Gasteiger partial charge in [0.05, 0.1) is 28.5 Å². The summed E-state index contributed by atoms with van der Waals surface area (Å²) in [4.78, 5) is 13.5. The van der Waals surface area contributed by atoms with Crippen molar-refractivity contribution in [2.75, 3.05) is 11.1 Å². The molecular weight excluding hydrogens is 410 g/mol. The van der Waals surface area contributed by atoms with Crippen LogP contribution in [0, 0.1) is 20.8 Å². The predicted octanol–water partition coefficient (Wildman–Crippen LogP) is 5.29. The van der Waals surface area contributed by atoms with Crippen molar-refractivity contribution in [2.45, 2.75) is 25.7 Å². The normalized spacial score (nSPS) is 10.8. The van der Waals surface area contributed by atoms with Gasteiger partial charge in [0.15, 0.2) is 0 Å². The lowest BCUT2D eigenvalue weighted by Gasteiger charge is -2.08. The van der Waals surface area contributed by atoms with Gasteiger partial charge in [-0.25, -0.2) is 4.68 Å². The van der Waals surface area contributed by atoms with E-state index < -0.39 is 0 Å². The van der Waals surface area contributed by atoms with E-state index in [-0.39, 0.29) is 5.91 Å².